The Morgan fingerprint density at radius 2 is 2.05 bits per heavy atom. The first-order chi connectivity index (χ1) is 18.4. The molecule has 4 heterocycles. The number of aryl methyl sites for hydroxylation is 3. The van der Waals surface area contributed by atoms with Crippen LogP contribution in [0.4, 0.5) is 5.82 Å². The molecule has 202 valence electrons. The van der Waals surface area contributed by atoms with E-state index in [4.69, 9.17) is 14.8 Å². The van der Waals surface area contributed by atoms with Gasteiger partial charge in [0, 0.05) is 42.9 Å². The van der Waals surface area contributed by atoms with Crippen molar-refractivity contribution in [2.45, 2.75) is 82.9 Å². The van der Waals surface area contributed by atoms with Gasteiger partial charge in [0.25, 0.3) is 0 Å². The number of anilines is 1. The average molecular weight is 518 g/mol. The van der Waals surface area contributed by atoms with Crippen molar-refractivity contribution in [2.75, 3.05) is 31.6 Å². The van der Waals surface area contributed by atoms with E-state index in [-0.39, 0.29) is 11.6 Å². The molecule has 8 heteroatoms. The molecular formula is C30H39N5O3. The molecule has 2 aliphatic heterocycles. The summed E-state index contributed by atoms with van der Waals surface area (Å²) in [6, 6.07) is 9.70. The van der Waals surface area contributed by atoms with Gasteiger partial charge in [-0.3, -0.25) is 14.4 Å². The Kier molecular flexibility index (Phi) is 6.86. The quantitative estimate of drug-likeness (QED) is 0.351. The summed E-state index contributed by atoms with van der Waals surface area (Å²) in [6.07, 6.45) is 8.77. The zero-order valence-electron chi connectivity index (χ0n) is 22.6. The molecule has 1 saturated heterocycles. The zero-order valence-corrected chi connectivity index (χ0v) is 22.6. The number of aliphatic carboxylic acids is 1. The molecule has 0 amide bonds. The van der Waals surface area contributed by atoms with Gasteiger partial charge in [-0.2, -0.15) is 5.10 Å². The maximum atomic E-state index is 12.5. The van der Waals surface area contributed by atoms with Crippen LogP contribution in [-0.2, 0) is 27.9 Å². The van der Waals surface area contributed by atoms with Crippen LogP contribution in [-0.4, -0.2) is 63.1 Å². The van der Waals surface area contributed by atoms with E-state index in [1.165, 1.54) is 12.0 Å². The largest absolute Gasteiger partial charge is 0.480 e. The number of aromatic nitrogens is 3. The van der Waals surface area contributed by atoms with Gasteiger partial charge in [0.2, 0.25) is 0 Å². The summed E-state index contributed by atoms with van der Waals surface area (Å²) in [5, 5.41) is 19.5. The van der Waals surface area contributed by atoms with Crippen molar-refractivity contribution in [1.82, 2.24) is 19.7 Å². The molecule has 2 N–H and O–H groups in total. The Hall–Kier alpha value is -2.97. The lowest BCUT2D eigenvalue weighted by atomic mass is 9.97. The Bertz CT molecular complexity index is 1320. The highest BCUT2D eigenvalue weighted by Gasteiger charge is 2.44. The predicted molar refractivity (Wildman–Crippen MR) is 148 cm³/mol. The number of likely N-dealkylation sites (tertiary alicyclic amines) is 1. The normalized spacial score (nSPS) is 19.5. The lowest BCUT2D eigenvalue weighted by Gasteiger charge is -2.42. The van der Waals surface area contributed by atoms with Gasteiger partial charge in [-0.1, -0.05) is 30.7 Å². The number of ether oxygens (including phenoxy) is 1. The van der Waals surface area contributed by atoms with E-state index in [0.29, 0.717) is 13.1 Å². The first kappa shape index (κ1) is 25.3. The average Bonchev–Trinajstić information content (AvgIpc) is 3.54. The Balaban J connectivity index is 0.996. The maximum Gasteiger partial charge on any atom is 0.325 e. The minimum atomic E-state index is -0.812. The summed E-state index contributed by atoms with van der Waals surface area (Å²) in [7, 11) is 0. The van der Waals surface area contributed by atoms with Crippen molar-refractivity contribution in [2.24, 2.45) is 0 Å². The van der Waals surface area contributed by atoms with Crippen LogP contribution in [0.2, 0.25) is 0 Å². The van der Waals surface area contributed by atoms with Gasteiger partial charge in [0.1, 0.15) is 11.9 Å². The number of benzene rings is 1. The maximum absolute atomic E-state index is 12.5. The van der Waals surface area contributed by atoms with E-state index in [1.54, 1.807) is 0 Å². The number of unbranched alkanes of at least 4 members (excludes halogenated alkanes) is 2. The molecule has 1 atom stereocenters. The van der Waals surface area contributed by atoms with Crippen molar-refractivity contribution in [3.63, 3.8) is 0 Å². The Morgan fingerprint density at radius 1 is 1.21 bits per heavy atom. The third-order valence-electron chi connectivity index (χ3n) is 8.56. The first-order valence-corrected chi connectivity index (χ1v) is 14.2. The highest BCUT2D eigenvalue weighted by Crippen LogP contribution is 2.46. The summed E-state index contributed by atoms with van der Waals surface area (Å²) in [4.78, 5) is 19.3. The number of carboxylic acids is 1. The summed E-state index contributed by atoms with van der Waals surface area (Å²) in [5.74, 6) is 0.261. The fraction of sp³-hybridized carbons (Fsp3) is 0.567. The number of pyridine rings is 1. The second-order valence-electron chi connectivity index (χ2n) is 11.6. The van der Waals surface area contributed by atoms with Gasteiger partial charge < -0.3 is 15.2 Å². The number of nitrogens with zero attached hydrogens (tertiary/aromatic N) is 4. The standard InChI is InChI=1S/C30H39N5O3/c1-20-24-10-6-11-25(26(24)35(33-20)30(2)14-15-30)27(29(36)37)34-18-23(19-34)38-17-5-3-4-9-22-13-12-21-8-7-16-31-28(21)32-22/h6,10-13,23,27H,3-5,7-9,14-19H2,1-2H3,(H,31,32)(H,36,37). The van der Waals surface area contributed by atoms with Gasteiger partial charge in [0.05, 0.1) is 22.9 Å². The second kappa shape index (κ2) is 10.3. The number of nitrogens with one attached hydrogen (secondary N) is 1. The summed E-state index contributed by atoms with van der Waals surface area (Å²) >= 11 is 0. The van der Waals surface area contributed by atoms with Crippen molar-refractivity contribution >= 4 is 22.7 Å². The minimum absolute atomic E-state index is 0.000875. The van der Waals surface area contributed by atoms with Crippen LogP contribution in [0.3, 0.4) is 0 Å². The van der Waals surface area contributed by atoms with Gasteiger partial charge in [0.15, 0.2) is 0 Å². The fourth-order valence-corrected chi connectivity index (χ4v) is 5.96. The number of hydrogen-bond acceptors (Lipinski definition) is 6. The molecule has 3 aliphatic rings. The molecule has 1 aromatic carbocycles. The van der Waals surface area contributed by atoms with Crippen LogP contribution in [0, 0.1) is 6.92 Å². The number of carboxylic acid groups (broad SMARTS) is 1. The second-order valence-corrected chi connectivity index (χ2v) is 11.6. The van der Waals surface area contributed by atoms with Crippen molar-refractivity contribution < 1.29 is 14.6 Å². The molecule has 1 aliphatic carbocycles. The smallest absolute Gasteiger partial charge is 0.325 e. The SMILES string of the molecule is Cc1nn(C2(C)CC2)c2c(C(C(=O)O)N3CC(OCCCCCc4ccc5c(n4)NCCC5)C3)cccc12. The third-order valence-corrected chi connectivity index (χ3v) is 8.56. The highest BCUT2D eigenvalue weighted by atomic mass is 16.5. The molecule has 8 nitrogen and oxygen atoms in total. The molecule has 2 fully saturated rings. The zero-order chi connectivity index (χ0) is 26.3. The summed E-state index contributed by atoms with van der Waals surface area (Å²) < 4.78 is 8.19. The molecule has 3 aromatic rings. The molecule has 0 spiro atoms. The highest BCUT2D eigenvalue weighted by molar-refractivity contribution is 5.90. The van der Waals surface area contributed by atoms with Crippen molar-refractivity contribution in [3.05, 3.63) is 52.8 Å². The van der Waals surface area contributed by atoms with Crippen LogP contribution in [0.25, 0.3) is 10.9 Å². The lowest BCUT2D eigenvalue weighted by Crippen LogP contribution is -2.55. The number of fused-ring (bicyclic) bond motifs is 2. The predicted octanol–water partition coefficient (Wildman–Crippen LogP) is 4.85. The number of para-hydroxylation sites is 1. The summed E-state index contributed by atoms with van der Waals surface area (Å²) in [6.45, 7) is 7.24. The van der Waals surface area contributed by atoms with Gasteiger partial charge >= 0.3 is 5.97 Å². The monoisotopic (exact) mass is 517 g/mol. The molecular weight excluding hydrogens is 478 g/mol. The van der Waals surface area contributed by atoms with Crippen LogP contribution in [0.15, 0.2) is 30.3 Å². The van der Waals surface area contributed by atoms with Crippen LogP contribution in [0.1, 0.15) is 74.0 Å². The van der Waals surface area contributed by atoms with Crippen LogP contribution in [0.5, 0.6) is 0 Å². The van der Waals surface area contributed by atoms with E-state index >= 15 is 0 Å². The molecule has 2 aromatic heterocycles. The number of hydrogen-bond donors (Lipinski definition) is 2. The summed E-state index contributed by atoms with van der Waals surface area (Å²) in [5.41, 5.74) is 5.28. The minimum Gasteiger partial charge on any atom is -0.480 e. The van der Waals surface area contributed by atoms with Crippen LogP contribution < -0.4 is 5.32 Å². The van der Waals surface area contributed by atoms with E-state index in [2.05, 4.69) is 35.1 Å². The Morgan fingerprint density at radius 3 is 2.84 bits per heavy atom. The van der Waals surface area contributed by atoms with E-state index in [9.17, 15) is 9.90 Å². The van der Waals surface area contributed by atoms with Gasteiger partial charge in [-0.05, 0) is 70.4 Å². The lowest BCUT2D eigenvalue weighted by molar-refractivity contribution is -0.150. The Labute approximate surface area is 224 Å². The van der Waals surface area contributed by atoms with E-state index < -0.39 is 12.0 Å². The number of carbonyl (C=O) groups is 1. The molecule has 38 heavy (non-hydrogen) atoms. The van der Waals surface area contributed by atoms with Gasteiger partial charge in [-0.25, -0.2) is 4.98 Å². The molecule has 0 bridgehead atoms. The molecule has 1 unspecified atom stereocenters. The molecule has 0 radical (unpaired) electrons. The fourth-order valence-electron chi connectivity index (χ4n) is 5.96. The molecule has 1 saturated carbocycles. The first-order valence-electron chi connectivity index (χ1n) is 14.2. The molecule has 6 rings (SSSR count). The van der Waals surface area contributed by atoms with Crippen molar-refractivity contribution in [1.29, 1.82) is 0 Å². The van der Waals surface area contributed by atoms with E-state index in [0.717, 1.165) is 91.8 Å². The van der Waals surface area contributed by atoms with Gasteiger partial charge in [-0.15, -0.1) is 0 Å². The van der Waals surface area contributed by atoms with Crippen LogP contribution >= 0.6 is 0 Å². The van der Waals surface area contributed by atoms with E-state index in [1.807, 2.05) is 24.0 Å². The third kappa shape index (κ3) is 4.92. The van der Waals surface area contributed by atoms with Crippen molar-refractivity contribution in [3.8, 4) is 0 Å². The topological polar surface area (TPSA) is 92.5 Å². The number of rotatable bonds is 11.